The molecule has 0 N–H and O–H groups in total. The Kier molecular flexibility index (Phi) is 5.17. The number of nitrogens with zero attached hydrogens (tertiary/aromatic N) is 2. The fourth-order valence-electron chi connectivity index (χ4n) is 3.91. The first-order chi connectivity index (χ1) is 13.1. The maximum absolute atomic E-state index is 13.2. The van der Waals surface area contributed by atoms with Gasteiger partial charge in [0.05, 0.1) is 6.61 Å². The van der Waals surface area contributed by atoms with Crippen LogP contribution in [0.5, 0.6) is 0 Å². The third-order valence-electron chi connectivity index (χ3n) is 5.48. The molecule has 2 heterocycles. The fraction of sp³-hybridized carbons (Fsp3) is 0.381. The van der Waals surface area contributed by atoms with Crippen molar-refractivity contribution in [3.63, 3.8) is 0 Å². The molecule has 0 bridgehead atoms. The van der Waals surface area contributed by atoms with Crippen LogP contribution in [0.3, 0.4) is 0 Å². The topological polar surface area (TPSA) is 32.8 Å². The average molecular weight is 389 g/mol. The third-order valence-corrected chi connectivity index (χ3v) is 5.85. The van der Waals surface area contributed by atoms with Gasteiger partial charge in [-0.2, -0.15) is 0 Å². The van der Waals surface area contributed by atoms with Gasteiger partial charge in [-0.15, -0.1) is 0 Å². The van der Waals surface area contributed by atoms with Crippen molar-refractivity contribution in [2.24, 2.45) is 0 Å². The third kappa shape index (κ3) is 3.72. The van der Waals surface area contributed by atoms with Gasteiger partial charge in [-0.05, 0) is 48.7 Å². The number of piperidine rings is 1. The molecule has 0 unspecified atom stereocenters. The van der Waals surface area contributed by atoms with E-state index in [4.69, 9.17) is 16.3 Å². The van der Waals surface area contributed by atoms with Gasteiger partial charge in [0.15, 0.2) is 0 Å². The van der Waals surface area contributed by atoms with Gasteiger partial charge in [-0.25, -0.2) is 4.39 Å². The molecule has 0 saturated carbocycles. The molecule has 2 aromatic carbocycles. The number of halogens is 2. The fourth-order valence-corrected chi connectivity index (χ4v) is 4.10. The number of hydrogen-bond acceptors (Lipinski definition) is 3. The predicted octanol–water partition coefficient (Wildman–Crippen LogP) is 3.88. The van der Waals surface area contributed by atoms with Crippen LogP contribution in [0, 0.1) is 5.82 Å². The van der Waals surface area contributed by atoms with Crippen LogP contribution in [-0.4, -0.2) is 42.6 Å². The highest BCUT2D eigenvalue weighted by atomic mass is 35.5. The lowest BCUT2D eigenvalue weighted by Gasteiger charge is -2.46. The van der Waals surface area contributed by atoms with Gasteiger partial charge in [0.1, 0.15) is 11.4 Å². The first-order valence-corrected chi connectivity index (χ1v) is 9.62. The zero-order chi connectivity index (χ0) is 18.9. The summed E-state index contributed by atoms with van der Waals surface area (Å²) in [7, 11) is 0. The Morgan fingerprint density at radius 3 is 2.44 bits per heavy atom. The number of likely N-dealkylation sites (tertiary alicyclic amines) is 1. The molecular formula is C21H22ClFN2O2. The van der Waals surface area contributed by atoms with Gasteiger partial charge in [0.25, 0.3) is 5.91 Å². The van der Waals surface area contributed by atoms with E-state index in [0.717, 1.165) is 35.9 Å². The Labute approximate surface area is 163 Å². The molecule has 27 heavy (non-hydrogen) atoms. The van der Waals surface area contributed by atoms with E-state index in [9.17, 15) is 9.18 Å². The highest BCUT2D eigenvalue weighted by Crippen LogP contribution is 2.34. The van der Waals surface area contributed by atoms with E-state index in [1.807, 2.05) is 24.3 Å². The van der Waals surface area contributed by atoms with Gasteiger partial charge in [0.2, 0.25) is 0 Å². The molecule has 1 spiro atoms. The number of amides is 1. The Morgan fingerprint density at radius 1 is 1.04 bits per heavy atom. The van der Waals surface area contributed by atoms with Crippen LogP contribution in [0.1, 0.15) is 18.4 Å². The Morgan fingerprint density at radius 2 is 1.74 bits per heavy atom. The minimum absolute atomic E-state index is 0.0160. The molecule has 2 saturated heterocycles. The molecule has 2 aromatic rings. The van der Waals surface area contributed by atoms with Crippen LogP contribution in [-0.2, 0) is 16.1 Å². The zero-order valence-corrected chi connectivity index (χ0v) is 15.8. The molecule has 6 heteroatoms. The molecule has 1 amide bonds. The minimum atomic E-state index is -0.774. The monoisotopic (exact) mass is 388 g/mol. The van der Waals surface area contributed by atoms with Crippen molar-refractivity contribution in [1.29, 1.82) is 0 Å². The molecule has 2 aliphatic heterocycles. The molecule has 142 valence electrons. The van der Waals surface area contributed by atoms with Crippen molar-refractivity contribution in [1.82, 2.24) is 4.90 Å². The van der Waals surface area contributed by atoms with Crippen LogP contribution in [0.15, 0.2) is 48.5 Å². The maximum Gasteiger partial charge on any atom is 0.259 e. The molecule has 4 nitrogen and oxygen atoms in total. The molecule has 0 atom stereocenters. The number of ether oxygens (including phenoxy) is 1. The molecule has 2 fully saturated rings. The first kappa shape index (κ1) is 18.4. The second-order valence-corrected chi connectivity index (χ2v) is 7.55. The van der Waals surface area contributed by atoms with Crippen LogP contribution in [0.4, 0.5) is 10.1 Å². The summed E-state index contributed by atoms with van der Waals surface area (Å²) in [5, 5.41) is 0.769. The van der Waals surface area contributed by atoms with Crippen LogP contribution < -0.4 is 4.90 Å². The van der Waals surface area contributed by atoms with Crippen molar-refractivity contribution >= 4 is 23.2 Å². The molecule has 0 aliphatic carbocycles. The number of hydrogen-bond donors (Lipinski definition) is 0. The number of rotatable bonds is 3. The van der Waals surface area contributed by atoms with E-state index in [1.165, 1.54) is 12.1 Å². The van der Waals surface area contributed by atoms with Crippen LogP contribution in [0.2, 0.25) is 5.02 Å². The molecule has 0 radical (unpaired) electrons. The average Bonchev–Trinajstić information content (AvgIpc) is 2.68. The summed E-state index contributed by atoms with van der Waals surface area (Å²) in [5.74, 6) is -0.320. The number of carbonyl (C=O) groups excluding carboxylic acids is 1. The van der Waals surface area contributed by atoms with Gasteiger partial charge in [0, 0.05) is 36.9 Å². The SMILES string of the molecule is O=C1N(c2ccc(F)cc2)CCOC12CCN(Cc1ccccc1Cl)CC2. The van der Waals surface area contributed by atoms with Gasteiger partial charge < -0.3 is 9.64 Å². The lowest BCUT2D eigenvalue weighted by molar-refractivity contribution is -0.157. The van der Waals surface area contributed by atoms with Gasteiger partial charge in [-0.1, -0.05) is 29.8 Å². The lowest BCUT2D eigenvalue weighted by atomic mass is 9.88. The van der Waals surface area contributed by atoms with Crippen molar-refractivity contribution in [3.05, 3.63) is 64.9 Å². The van der Waals surface area contributed by atoms with E-state index >= 15 is 0 Å². The molecule has 4 rings (SSSR count). The first-order valence-electron chi connectivity index (χ1n) is 9.25. The van der Waals surface area contributed by atoms with E-state index in [1.54, 1.807) is 17.0 Å². The van der Waals surface area contributed by atoms with E-state index in [-0.39, 0.29) is 11.7 Å². The van der Waals surface area contributed by atoms with E-state index in [2.05, 4.69) is 4.90 Å². The van der Waals surface area contributed by atoms with Gasteiger partial charge in [-0.3, -0.25) is 9.69 Å². The minimum Gasteiger partial charge on any atom is -0.363 e. The zero-order valence-electron chi connectivity index (χ0n) is 15.0. The summed E-state index contributed by atoms with van der Waals surface area (Å²) in [6, 6.07) is 13.9. The second kappa shape index (κ2) is 7.58. The summed E-state index contributed by atoms with van der Waals surface area (Å²) in [5.41, 5.74) is 1.05. The van der Waals surface area contributed by atoms with Crippen LogP contribution >= 0.6 is 11.6 Å². The number of morpholine rings is 1. The summed E-state index contributed by atoms with van der Waals surface area (Å²) in [4.78, 5) is 17.2. The predicted molar refractivity (Wildman–Crippen MR) is 103 cm³/mol. The van der Waals surface area contributed by atoms with Crippen molar-refractivity contribution in [2.75, 3.05) is 31.1 Å². The summed E-state index contributed by atoms with van der Waals surface area (Å²) in [6.45, 7) is 3.30. The quantitative estimate of drug-likeness (QED) is 0.800. The Bertz CT molecular complexity index is 819. The van der Waals surface area contributed by atoms with Crippen LogP contribution in [0.25, 0.3) is 0 Å². The summed E-state index contributed by atoms with van der Waals surface area (Å²) >= 11 is 6.27. The van der Waals surface area contributed by atoms with Crippen molar-refractivity contribution in [2.45, 2.75) is 25.0 Å². The van der Waals surface area contributed by atoms with E-state index in [0.29, 0.717) is 26.0 Å². The lowest BCUT2D eigenvalue weighted by Crippen LogP contribution is -2.60. The highest BCUT2D eigenvalue weighted by molar-refractivity contribution is 6.31. The molecule has 2 aliphatic rings. The number of carbonyl (C=O) groups is 1. The Balaban J connectivity index is 1.44. The maximum atomic E-state index is 13.2. The molecular weight excluding hydrogens is 367 g/mol. The van der Waals surface area contributed by atoms with Crippen molar-refractivity contribution in [3.8, 4) is 0 Å². The van der Waals surface area contributed by atoms with Crippen molar-refractivity contribution < 1.29 is 13.9 Å². The standard InChI is InChI=1S/C21H22ClFN2O2/c22-19-4-2-1-3-16(19)15-24-11-9-21(10-12-24)20(26)25(13-14-27-21)18-7-5-17(23)6-8-18/h1-8H,9-15H2. The van der Waals surface area contributed by atoms with Gasteiger partial charge >= 0.3 is 0 Å². The van der Waals surface area contributed by atoms with E-state index < -0.39 is 5.60 Å². The summed E-state index contributed by atoms with van der Waals surface area (Å²) in [6.07, 6.45) is 1.29. The summed E-state index contributed by atoms with van der Waals surface area (Å²) < 4.78 is 19.2. The number of anilines is 1. The second-order valence-electron chi connectivity index (χ2n) is 7.14. The largest absolute Gasteiger partial charge is 0.363 e. The number of benzene rings is 2. The highest BCUT2D eigenvalue weighted by Gasteiger charge is 2.47. The smallest absolute Gasteiger partial charge is 0.259 e. The normalized spacial score (nSPS) is 20.2. The molecule has 0 aromatic heterocycles. The Hall–Kier alpha value is -1.95.